The maximum Gasteiger partial charge on any atom is 0.304 e. The maximum atomic E-state index is 13.1. The highest BCUT2D eigenvalue weighted by Gasteiger charge is 2.18. The van der Waals surface area contributed by atoms with Crippen molar-refractivity contribution in [1.29, 1.82) is 0 Å². The molecule has 0 saturated carbocycles. The number of nitrogens with two attached hydrogens (primary N) is 1. The summed E-state index contributed by atoms with van der Waals surface area (Å²) >= 11 is 0. The van der Waals surface area contributed by atoms with Gasteiger partial charge in [0.05, 0.1) is 10.8 Å². The van der Waals surface area contributed by atoms with E-state index in [4.69, 9.17) is 5.73 Å². The predicted molar refractivity (Wildman–Crippen MR) is 50.7 cm³/mol. The zero-order valence-electron chi connectivity index (χ0n) is 7.94. The number of amides is 1. The number of benzene rings is 1. The average Bonchev–Trinajstić information content (AvgIpc) is 2.15. The van der Waals surface area contributed by atoms with Gasteiger partial charge in [-0.3, -0.25) is 14.9 Å². The summed E-state index contributed by atoms with van der Waals surface area (Å²) in [5.74, 6) is -2.24. The van der Waals surface area contributed by atoms with Gasteiger partial charge in [0.25, 0.3) is 0 Å². The number of nitro groups is 1. The standard InChI is InChI=1S/C9H9FN2O3/c1-5(9(11)13)6-2-3-8(12(14)15)7(10)4-6/h2-5H,1H3,(H2,11,13). The van der Waals surface area contributed by atoms with E-state index in [1.165, 1.54) is 13.0 Å². The van der Waals surface area contributed by atoms with Crippen LogP contribution < -0.4 is 5.73 Å². The highest BCUT2D eigenvalue weighted by molar-refractivity contribution is 5.81. The summed E-state index contributed by atoms with van der Waals surface area (Å²) in [6.45, 7) is 1.50. The molecule has 0 aliphatic heterocycles. The summed E-state index contributed by atoms with van der Waals surface area (Å²) in [5, 5.41) is 10.3. The van der Waals surface area contributed by atoms with Crippen molar-refractivity contribution < 1.29 is 14.1 Å². The van der Waals surface area contributed by atoms with Gasteiger partial charge in [0, 0.05) is 6.07 Å². The van der Waals surface area contributed by atoms with Crippen LogP contribution in [0.15, 0.2) is 18.2 Å². The molecule has 1 unspecified atom stereocenters. The minimum absolute atomic E-state index is 0.325. The van der Waals surface area contributed by atoms with Crippen molar-refractivity contribution in [2.45, 2.75) is 12.8 Å². The second-order valence-corrected chi connectivity index (χ2v) is 3.09. The summed E-state index contributed by atoms with van der Waals surface area (Å²) in [5.41, 5.74) is 4.73. The first-order valence-corrected chi connectivity index (χ1v) is 4.16. The molecule has 6 heteroatoms. The van der Waals surface area contributed by atoms with Gasteiger partial charge < -0.3 is 5.73 Å². The van der Waals surface area contributed by atoms with Gasteiger partial charge in [-0.15, -0.1) is 0 Å². The molecule has 80 valence electrons. The molecule has 1 atom stereocenters. The summed E-state index contributed by atoms with van der Waals surface area (Å²) in [6.07, 6.45) is 0. The molecule has 0 radical (unpaired) electrons. The molecule has 0 heterocycles. The second kappa shape index (κ2) is 4.04. The minimum Gasteiger partial charge on any atom is -0.369 e. The van der Waals surface area contributed by atoms with Crippen LogP contribution in [0.3, 0.4) is 0 Å². The number of nitro benzene ring substituents is 1. The van der Waals surface area contributed by atoms with Crippen LogP contribution in [-0.4, -0.2) is 10.8 Å². The highest BCUT2D eigenvalue weighted by atomic mass is 19.1. The third-order valence-electron chi connectivity index (χ3n) is 2.10. The van der Waals surface area contributed by atoms with E-state index in [1.807, 2.05) is 0 Å². The van der Waals surface area contributed by atoms with E-state index in [0.717, 1.165) is 12.1 Å². The minimum atomic E-state index is -0.967. The molecule has 0 fully saturated rings. The normalized spacial score (nSPS) is 12.1. The van der Waals surface area contributed by atoms with E-state index in [9.17, 15) is 19.3 Å². The summed E-state index contributed by atoms with van der Waals surface area (Å²) in [7, 11) is 0. The first kappa shape index (κ1) is 11.1. The SMILES string of the molecule is CC(C(N)=O)c1ccc([N+](=O)[O-])c(F)c1. The van der Waals surface area contributed by atoms with Crippen molar-refractivity contribution >= 4 is 11.6 Å². The molecule has 1 rings (SSSR count). The Morgan fingerprint density at radius 3 is 2.60 bits per heavy atom. The largest absolute Gasteiger partial charge is 0.369 e. The number of carbonyl (C=O) groups excluding carboxylic acids is 1. The second-order valence-electron chi connectivity index (χ2n) is 3.09. The van der Waals surface area contributed by atoms with Gasteiger partial charge in [0.1, 0.15) is 0 Å². The predicted octanol–water partition coefficient (Wildman–Crippen LogP) is 1.32. The molecular formula is C9H9FN2O3. The third kappa shape index (κ3) is 2.28. The summed E-state index contributed by atoms with van der Waals surface area (Å²) < 4.78 is 13.1. The Morgan fingerprint density at radius 1 is 1.60 bits per heavy atom. The van der Waals surface area contributed by atoms with Crippen LogP contribution in [0.1, 0.15) is 18.4 Å². The molecule has 0 spiro atoms. The molecule has 1 amide bonds. The van der Waals surface area contributed by atoms with Crippen LogP contribution in [0, 0.1) is 15.9 Å². The zero-order chi connectivity index (χ0) is 11.6. The van der Waals surface area contributed by atoms with Gasteiger partial charge in [0.15, 0.2) is 0 Å². The van der Waals surface area contributed by atoms with Gasteiger partial charge in [-0.25, -0.2) is 0 Å². The number of rotatable bonds is 3. The number of nitrogens with zero attached hydrogens (tertiary/aromatic N) is 1. The quantitative estimate of drug-likeness (QED) is 0.605. The molecule has 0 aliphatic carbocycles. The van der Waals surface area contributed by atoms with Crippen LogP contribution >= 0.6 is 0 Å². The van der Waals surface area contributed by atoms with Gasteiger partial charge >= 0.3 is 5.69 Å². The number of hydrogen-bond acceptors (Lipinski definition) is 3. The van der Waals surface area contributed by atoms with E-state index < -0.39 is 28.3 Å². The van der Waals surface area contributed by atoms with E-state index in [0.29, 0.717) is 5.56 Å². The molecule has 1 aromatic rings. The van der Waals surface area contributed by atoms with E-state index in [2.05, 4.69) is 0 Å². The Kier molecular flexibility index (Phi) is 2.99. The molecule has 0 aromatic heterocycles. The van der Waals surface area contributed by atoms with Gasteiger partial charge in [0.2, 0.25) is 11.7 Å². The molecule has 0 saturated heterocycles. The van der Waals surface area contributed by atoms with Crippen LogP contribution in [0.4, 0.5) is 10.1 Å². The van der Waals surface area contributed by atoms with Gasteiger partial charge in [-0.1, -0.05) is 6.07 Å². The zero-order valence-corrected chi connectivity index (χ0v) is 7.94. The molecule has 0 bridgehead atoms. The summed E-state index contributed by atoms with van der Waals surface area (Å²) in [6, 6.07) is 3.29. The van der Waals surface area contributed by atoms with Crippen molar-refractivity contribution in [2.24, 2.45) is 5.73 Å². The number of carbonyl (C=O) groups is 1. The first-order chi connectivity index (χ1) is 6.93. The Bertz CT molecular complexity index is 420. The number of halogens is 1. The van der Waals surface area contributed by atoms with E-state index in [-0.39, 0.29) is 0 Å². The molecule has 15 heavy (non-hydrogen) atoms. The number of primary amides is 1. The maximum absolute atomic E-state index is 13.1. The fourth-order valence-electron chi connectivity index (χ4n) is 1.10. The Hall–Kier alpha value is -1.98. The van der Waals surface area contributed by atoms with Crippen molar-refractivity contribution in [3.05, 3.63) is 39.7 Å². The highest BCUT2D eigenvalue weighted by Crippen LogP contribution is 2.22. The Morgan fingerprint density at radius 2 is 2.20 bits per heavy atom. The smallest absolute Gasteiger partial charge is 0.304 e. The Labute approximate surface area is 84.8 Å². The lowest BCUT2D eigenvalue weighted by Crippen LogP contribution is -2.18. The molecular weight excluding hydrogens is 203 g/mol. The lowest BCUT2D eigenvalue weighted by atomic mass is 10.0. The van der Waals surface area contributed by atoms with Crippen molar-refractivity contribution in [3.8, 4) is 0 Å². The topological polar surface area (TPSA) is 86.2 Å². The van der Waals surface area contributed by atoms with Crippen LogP contribution in [0.2, 0.25) is 0 Å². The van der Waals surface area contributed by atoms with Gasteiger partial charge in [-0.05, 0) is 18.6 Å². The lowest BCUT2D eigenvalue weighted by Gasteiger charge is -2.06. The Balaban J connectivity index is 3.12. The average molecular weight is 212 g/mol. The molecule has 5 nitrogen and oxygen atoms in total. The van der Waals surface area contributed by atoms with Crippen molar-refractivity contribution in [2.75, 3.05) is 0 Å². The van der Waals surface area contributed by atoms with Crippen molar-refractivity contribution in [1.82, 2.24) is 0 Å². The molecule has 0 aliphatic rings. The monoisotopic (exact) mass is 212 g/mol. The lowest BCUT2D eigenvalue weighted by molar-refractivity contribution is -0.387. The van der Waals surface area contributed by atoms with E-state index >= 15 is 0 Å². The van der Waals surface area contributed by atoms with E-state index in [1.54, 1.807) is 0 Å². The fourth-order valence-corrected chi connectivity index (χ4v) is 1.10. The van der Waals surface area contributed by atoms with Crippen molar-refractivity contribution in [3.63, 3.8) is 0 Å². The van der Waals surface area contributed by atoms with Gasteiger partial charge in [-0.2, -0.15) is 4.39 Å². The van der Waals surface area contributed by atoms with Crippen LogP contribution in [-0.2, 0) is 4.79 Å². The molecule has 2 N–H and O–H groups in total. The fraction of sp³-hybridized carbons (Fsp3) is 0.222. The van der Waals surface area contributed by atoms with Crippen LogP contribution in [0.5, 0.6) is 0 Å². The van der Waals surface area contributed by atoms with Crippen LogP contribution in [0.25, 0.3) is 0 Å². The first-order valence-electron chi connectivity index (χ1n) is 4.16. The summed E-state index contributed by atoms with van der Waals surface area (Å²) in [4.78, 5) is 20.3. The third-order valence-corrected chi connectivity index (χ3v) is 2.10. The molecule has 1 aromatic carbocycles. The number of hydrogen-bond donors (Lipinski definition) is 1.